The van der Waals surface area contributed by atoms with E-state index >= 15 is 0 Å². The van der Waals surface area contributed by atoms with E-state index in [-0.39, 0.29) is 18.4 Å². The van der Waals surface area contributed by atoms with Crippen LogP contribution in [0, 0.1) is 6.92 Å². The lowest BCUT2D eigenvalue weighted by atomic mass is 10.2. The molecule has 0 aromatic carbocycles. The average Bonchev–Trinajstić information content (AvgIpc) is 2.60. The number of nitrogens with one attached hydrogen (secondary N) is 1. The molecule has 0 saturated heterocycles. The van der Waals surface area contributed by atoms with Gasteiger partial charge in [-0.15, -0.1) is 5.10 Å². The van der Waals surface area contributed by atoms with Crippen molar-refractivity contribution < 1.29 is 4.79 Å². The number of primary amides is 1. The van der Waals surface area contributed by atoms with Gasteiger partial charge in [-0.1, -0.05) is 6.07 Å². The molecular weight excluding hydrogens is 218 g/mol. The van der Waals surface area contributed by atoms with Gasteiger partial charge >= 0.3 is 0 Å². The van der Waals surface area contributed by atoms with Gasteiger partial charge in [0.25, 0.3) is 0 Å². The van der Waals surface area contributed by atoms with Gasteiger partial charge in [0.05, 0.1) is 0 Å². The maximum absolute atomic E-state index is 10.8. The number of anilines is 1. The molecule has 1 unspecified atom stereocenters. The third kappa shape index (κ3) is 2.52. The number of nitrogens with zero attached hydrogens (tertiary/aromatic N) is 3. The Morgan fingerprint density at radius 2 is 2.41 bits per heavy atom. The van der Waals surface area contributed by atoms with Crippen LogP contribution in [0.15, 0.2) is 18.3 Å². The highest BCUT2D eigenvalue weighted by molar-refractivity contribution is 5.74. The lowest BCUT2D eigenvalue weighted by Gasteiger charge is -2.08. The normalized spacial score (nSPS) is 12.6. The van der Waals surface area contributed by atoms with Crippen molar-refractivity contribution in [3.05, 3.63) is 23.9 Å². The Morgan fingerprint density at radius 3 is 3.06 bits per heavy atom. The van der Waals surface area contributed by atoms with Crippen LogP contribution >= 0.6 is 0 Å². The van der Waals surface area contributed by atoms with Crippen molar-refractivity contribution in [3.63, 3.8) is 0 Å². The number of amides is 1. The first kappa shape index (κ1) is 11.4. The summed E-state index contributed by atoms with van der Waals surface area (Å²) in [4.78, 5) is 15.1. The van der Waals surface area contributed by atoms with E-state index in [4.69, 9.17) is 5.73 Å². The number of hydrogen-bond acceptors (Lipinski definition) is 4. The number of rotatable bonds is 4. The van der Waals surface area contributed by atoms with E-state index in [9.17, 15) is 4.79 Å². The lowest BCUT2D eigenvalue weighted by molar-refractivity contribution is -0.118. The molecule has 0 fully saturated rings. The lowest BCUT2D eigenvalue weighted by Crippen LogP contribution is -2.24. The minimum Gasteiger partial charge on any atom is -0.370 e. The van der Waals surface area contributed by atoms with Crippen molar-refractivity contribution in [3.8, 4) is 0 Å². The molecule has 0 aliphatic rings. The Morgan fingerprint density at radius 1 is 1.65 bits per heavy atom. The number of aromatic nitrogens is 3. The molecule has 2 aromatic rings. The van der Waals surface area contributed by atoms with Gasteiger partial charge < -0.3 is 11.1 Å². The standard InChI is InChI=1S/C11H15N5O/c1-7-4-3-5-16-10(7)14-11(15-16)13-8(2)6-9(12)17/h3-5,8H,6H2,1-2H3,(H2,12,17)(H,13,15). The van der Waals surface area contributed by atoms with Crippen molar-refractivity contribution in [2.45, 2.75) is 26.3 Å². The maximum Gasteiger partial charge on any atom is 0.243 e. The van der Waals surface area contributed by atoms with Gasteiger partial charge in [-0.25, -0.2) is 4.52 Å². The Bertz CT molecular complexity index is 548. The van der Waals surface area contributed by atoms with Crippen molar-refractivity contribution >= 4 is 17.5 Å². The summed E-state index contributed by atoms with van der Waals surface area (Å²) in [5.74, 6) is 0.165. The highest BCUT2D eigenvalue weighted by Gasteiger charge is 2.10. The first-order chi connectivity index (χ1) is 8.06. The summed E-state index contributed by atoms with van der Waals surface area (Å²) in [6, 6.07) is 3.80. The van der Waals surface area contributed by atoms with Gasteiger partial charge in [0.1, 0.15) is 0 Å². The van der Waals surface area contributed by atoms with Crippen LogP contribution in [0.5, 0.6) is 0 Å². The molecule has 0 radical (unpaired) electrons. The van der Waals surface area contributed by atoms with Crippen LogP contribution < -0.4 is 11.1 Å². The third-order valence-electron chi connectivity index (χ3n) is 2.44. The van der Waals surface area contributed by atoms with Crippen molar-refractivity contribution in [2.24, 2.45) is 5.73 Å². The summed E-state index contributed by atoms with van der Waals surface area (Å²) in [7, 11) is 0. The van der Waals surface area contributed by atoms with Gasteiger partial charge in [0.2, 0.25) is 11.9 Å². The largest absolute Gasteiger partial charge is 0.370 e. The van der Waals surface area contributed by atoms with Gasteiger partial charge in [-0.2, -0.15) is 4.98 Å². The van der Waals surface area contributed by atoms with Crippen molar-refractivity contribution in [1.29, 1.82) is 0 Å². The van der Waals surface area contributed by atoms with Gasteiger partial charge in [0, 0.05) is 18.7 Å². The predicted molar refractivity (Wildman–Crippen MR) is 64.6 cm³/mol. The van der Waals surface area contributed by atoms with E-state index in [0.29, 0.717) is 5.95 Å². The quantitative estimate of drug-likeness (QED) is 0.814. The summed E-state index contributed by atoms with van der Waals surface area (Å²) in [6.45, 7) is 3.84. The van der Waals surface area contributed by atoms with E-state index in [1.807, 2.05) is 32.2 Å². The summed E-state index contributed by atoms with van der Waals surface area (Å²) >= 11 is 0. The van der Waals surface area contributed by atoms with Crippen LogP contribution in [0.25, 0.3) is 5.65 Å². The number of carbonyl (C=O) groups is 1. The monoisotopic (exact) mass is 233 g/mol. The molecule has 2 aromatic heterocycles. The number of carbonyl (C=O) groups excluding carboxylic acids is 1. The minimum absolute atomic E-state index is 0.0785. The van der Waals surface area contributed by atoms with E-state index in [1.54, 1.807) is 4.52 Å². The molecule has 0 bridgehead atoms. The highest BCUT2D eigenvalue weighted by Crippen LogP contribution is 2.10. The van der Waals surface area contributed by atoms with Crippen LogP contribution in [0.3, 0.4) is 0 Å². The smallest absolute Gasteiger partial charge is 0.243 e. The Hall–Kier alpha value is -2.11. The van der Waals surface area contributed by atoms with Gasteiger partial charge in [-0.05, 0) is 25.5 Å². The first-order valence-electron chi connectivity index (χ1n) is 5.43. The number of pyridine rings is 1. The second-order valence-corrected chi connectivity index (χ2v) is 4.11. The molecule has 90 valence electrons. The van der Waals surface area contributed by atoms with Crippen molar-refractivity contribution in [2.75, 3.05) is 5.32 Å². The molecule has 0 spiro atoms. The minimum atomic E-state index is -0.343. The summed E-state index contributed by atoms with van der Waals surface area (Å²) in [5, 5.41) is 7.31. The zero-order valence-corrected chi connectivity index (χ0v) is 9.84. The van der Waals surface area contributed by atoms with E-state index < -0.39 is 0 Å². The van der Waals surface area contributed by atoms with Crippen LogP contribution in [0.2, 0.25) is 0 Å². The maximum atomic E-state index is 10.8. The number of hydrogen-bond donors (Lipinski definition) is 2. The predicted octanol–water partition coefficient (Wildman–Crippen LogP) is 0.714. The molecule has 2 heterocycles. The molecule has 0 aliphatic heterocycles. The van der Waals surface area contributed by atoms with E-state index in [1.165, 1.54) is 0 Å². The fraction of sp³-hybridized carbons (Fsp3) is 0.364. The molecule has 1 atom stereocenters. The fourth-order valence-electron chi connectivity index (χ4n) is 1.67. The Balaban J connectivity index is 2.20. The molecule has 1 amide bonds. The number of fused-ring (bicyclic) bond motifs is 1. The van der Waals surface area contributed by atoms with Crippen molar-refractivity contribution in [1.82, 2.24) is 14.6 Å². The van der Waals surface area contributed by atoms with Gasteiger partial charge in [0.15, 0.2) is 5.65 Å². The molecule has 0 saturated carbocycles. The highest BCUT2D eigenvalue weighted by atomic mass is 16.1. The fourth-order valence-corrected chi connectivity index (χ4v) is 1.67. The SMILES string of the molecule is Cc1cccn2nc(NC(C)CC(N)=O)nc12. The second-order valence-electron chi connectivity index (χ2n) is 4.11. The van der Waals surface area contributed by atoms with Crippen LogP contribution in [0.1, 0.15) is 18.9 Å². The molecule has 17 heavy (non-hydrogen) atoms. The molecular formula is C11H15N5O. The van der Waals surface area contributed by atoms with Gasteiger partial charge in [-0.3, -0.25) is 4.79 Å². The van der Waals surface area contributed by atoms with Crippen LogP contribution in [0.4, 0.5) is 5.95 Å². The molecule has 0 aliphatic carbocycles. The van der Waals surface area contributed by atoms with E-state index in [2.05, 4.69) is 15.4 Å². The second kappa shape index (κ2) is 4.40. The molecule has 6 heteroatoms. The third-order valence-corrected chi connectivity index (χ3v) is 2.44. The topological polar surface area (TPSA) is 85.3 Å². The number of nitrogens with two attached hydrogens (primary N) is 1. The summed E-state index contributed by atoms with van der Waals surface area (Å²) < 4.78 is 1.70. The summed E-state index contributed by atoms with van der Waals surface area (Å²) in [6.07, 6.45) is 2.09. The van der Waals surface area contributed by atoms with Crippen LogP contribution in [-0.2, 0) is 4.79 Å². The van der Waals surface area contributed by atoms with Crippen LogP contribution in [-0.4, -0.2) is 26.5 Å². The molecule has 3 N–H and O–H groups in total. The number of aryl methyl sites for hydroxylation is 1. The Labute approximate surface area is 98.8 Å². The molecule has 2 rings (SSSR count). The summed E-state index contributed by atoms with van der Waals surface area (Å²) in [5.41, 5.74) is 6.98. The van der Waals surface area contributed by atoms with E-state index in [0.717, 1.165) is 11.2 Å². The zero-order chi connectivity index (χ0) is 12.4. The Kier molecular flexibility index (Phi) is 2.95. The first-order valence-corrected chi connectivity index (χ1v) is 5.43. The average molecular weight is 233 g/mol. The zero-order valence-electron chi connectivity index (χ0n) is 9.84. The molecule has 6 nitrogen and oxygen atoms in total.